The molecule has 100 valence electrons. The Labute approximate surface area is 108 Å². The third kappa shape index (κ3) is 4.85. The van der Waals surface area contributed by atoms with Crippen molar-refractivity contribution in [3.63, 3.8) is 0 Å². The van der Waals surface area contributed by atoms with Crippen molar-refractivity contribution in [1.82, 2.24) is 5.43 Å². The average molecular weight is 250 g/mol. The molecule has 0 spiro atoms. The van der Waals surface area contributed by atoms with Gasteiger partial charge in [-0.15, -0.1) is 0 Å². The van der Waals surface area contributed by atoms with Gasteiger partial charge in [-0.2, -0.15) is 0 Å². The first-order chi connectivity index (χ1) is 8.67. The zero-order valence-corrected chi connectivity index (χ0v) is 11.1. The standard InChI is InChI=1S/C14H22N2O2/c1-3-5-11(2)9-18-10-12-6-4-7-13(8-12)14(17)16-15/h4,6-8,11H,3,5,9-10,15H2,1-2H3,(H,16,17). The third-order valence-corrected chi connectivity index (χ3v) is 2.77. The highest BCUT2D eigenvalue weighted by Crippen LogP contribution is 2.09. The van der Waals surface area contributed by atoms with Crippen molar-refractivity contribution in [2.24, 2.45) is 11.8 Å². The van der Waals surface area contributed by atoms with Gasteiger partial charge in [0, 0.05) is 12.2 Å². The topological polar surface area (TPSA) is 64.3 Å². The van der Waals surface area contributed by atoms with Gasteiger partial charge in [0.1, 0.15) is 0 Å². The van der Waals surface area contributed by atoms with Crippen LogP contribution in [-0.4, -0.2) is 12.5 Å². The van der Waals surface area contributed by atoms with E-state index in [0.29, 0.717) is 18.1 Å². The summed E-state index contributed by atoms with van der Waals surface area (Å²) in [6, 6.07) is 7.30. The van der Waals surface area contributed by atoms with E-state index in [2.05, 4.69) is 19.3 Å². The second-order valence-electron chi connectivity index (χ2n) is 4.58. The zero-order chi connectivity index (χ0) is 13.4. The number of carbonyl (C=O) groups is 1. The molecule has 1 atom stereocenters. The first-order valence-corrected chi connectivity index (χ1v) is 6.35. The minimum atomic E-state index is -0.281. The predicted octanol–water partition coefficient (Wildman–Crippen LogP) is 2.24. The van der Waals surface area contributed by atoms with E-state index < -0.39 is 0 Å². The maximum atomic E-state index is 11.4. The highest BCUT2D eigenvalue weighted by Gasteiger charge is 2.05. The van der Waals surface area contributed by atoms with Crippen LogP contribution in [0.4, 0.5) is 0 Å². The molecule has 1 amide bonds. The first-order valence-electron chi connectivity index (χ1n) is 6.35. The molecule has 1 unspecified atom stereocenters. The zero-order valence-electron chi connectivity index (χ0n) is 11.1. The molecule has 0 saturated heterocycles. The van der Waals surface area contributed by atoms with Crippen LogP contribution >= 0.6 is 0 Å². The number of hydrazine groups is 1. The number of benzene rings is 1. The van der Waals surface area contributed by atoms with Crippen LogP contribution in [0, 0.1) is 5.92 Å². The van der Waals surface area contributed by atoms with Crippen molar-refractivity contribution in [2.75, 3.05) is 6.61 Å². The molecular weight excluding hydrogens is 228 g/mol. The number of carbonyl (C=O) groups excluding carboxylic acids is 1. The molecular formula is C14H22N2O2. The third-order valence-electron chi connectivity index (χ3n) is 2.77. The van der Waals surface area contributed by atoms with E-state index in [1.807, 2.05) is 12.1 Å². The minimum absolute atomic E-state index is 0.281. The summed E-state index contributed by atoms with van der Waals surface area (Å²) in [5.74, 6) is 5.39. The van der Waals surface area contributed by atoms with Gasteiger partial charge in [-0.1, -0.05) is 32.4 Å². The summed E-state index contributed by atoms with van der Waals surface area (Å²) in [6.45, 7) is 5.63. The molecule has 0 aliphatic carbocycles. The fourth-order valence-electron chi connectivity index (χ4n) is 1.84. The molecule has 0 aliphatic rings. The number of ether oxygens (including phenoxy) is 1. The smallest absolute Gasteiger partial charge is 0.265 e. The van der Waals surface area contributed by atoms with E-state index in [1.165, 1.54) is 12.8 Å². The van der Waals surface area contributed by atoms with Crippen molar-refractivity contribution in [2.45, 2.75) is 33.3 Å². The van der Waals surface area contributed by atoms with Gasteiger partial charge in [-0.3, -0.25) is 10.2 Å². The van der Waals surface area contributed by atoms with E-state index in [4.69, 9.17) is 10.6 Å². The van der Waals surface area contributed by atoms with Crippen LogP contribution in [0.5, 0.6) is 0 Å². The monoisotopic (exact) mass is 250 g/mol. The second-order valence-corrected chi connectivity index (χ2v) is 4.58. The van der Waals surface area contributed by atoms with Crippen LogP contribution in [0.2, 0.25) is 0 Å². The van der Waals surface area contributed by atoms with Crippen molar-refractivity contribution in [3.05, 3.63) is 35.4 Å². The number of amides is 1. The van der Waals surface area contributed by atoms with E-state index in [1.54, 1.807) is 12.1 Å². The van der Waals surface area contributed by atoms with Crippen LogP contribution in [0.1, 0.15) is 42.6 Å². The lowest BCUT2D eigenvalue weighted by Crippen LogP contribution is -2.30. The van der Waals surface area contributed by atoms with Crippen LogP contribution in [0.3, 0.4) is 0 Å². The lowest BCUT2D eigenvalue weighted by molar-refractivity contribution is 0.0890. The van der Waals surface area contributed by atoms with Gasteiger partial charge in [0.2, 0.25) is 0 Å². The maximum Gasteiger partial charge on any atom is 0.265 e. The predicted molar refractivity (Wildman–Crippen MR) is 71.8 cm³/mol. The van der Waals surface area contributed by atoms with Crippen molar-refractivity contribution in [3.8, 4) is 0 Å². The second kappa shape index (κ2) is 7.84. The lowest BCUT2D eigenvalue weighted by atomic mass is 10.1. The molecule has 0 bridgehead atoms. The average Bonchev–Trinajstić information content (AvgIpc) is 2.38. The minimum Gasteiger partial charge on any atom is -0.376 e. The molecule has 0 aromatic heterocycles. The van der Waals surface area contributed by atoms with Gasteiger partial charge in [-0.25, -0.2) is 5.84 Å². The van der Waals surface area contributed by atoms with E-state index in [-0.39, 0.29) is 5.91 Å². The Bertz CT molecular complexity index is 380. The summed E-state index contributed by atoms with van der Waals surface area (Å²) in [5.41, 5.74) is 3.66. The van der Waals surface area contributed by atoms with Crippen molar-refractivity contribution < 1.29 is 9.53 Å². The van der Waals surface area contributed by atoms with Gasteiger partial charge in [0.25, 0.3) is 5.91 Å². The number of nitrogen functional groups attached to an aromatic ring is 1. The molecule has 0 saturated carbocycles. The fraction of sp³-hybridized carbons (Fsp3) is 0.500. The van der Waals surface area contributed by atoms with Crippen LogP contribution < -0.4 is 11.3 Å². The first kappa shape index (κ1) is 14.7. The Morgan fingerprint density at radius 2 is 2.28 bits per heavy atom. The molecule has 0 heterocycles. The molecule has 4 nitrogen and oxygen atoms in total. The summed E-state index contributed by atoms with van der Waals surface area (Å²) in [6.07, 6.45) is 2.35. The van der Waals surface area contributed by atoms with E-state index in [9.17, 15) is 4.79 Å². The van der Waals surface area contributed by atoms with Crippen LogP contribution in [0.25, 0.3) is 0 Å². The molecule has 3 N–H and O–H groups in total. The summed E-state index contributed by atoms with van der Waals surface area (Å²) in [7, 11) is 0. The van der Waals surface area contributed by atoms with Crippen molar-refractivity contribution >= 4 is 5.91 Å². The molecule has 0 radical (unpaired) electrons. The fourth-order valence-corrected chi connectivity index (χ4v) is 1.84. The number of hydrogen-bond acceptors (Lipinski definition) is 3. The van der Waals surface area contributed by atoms with Gasteiger partial charge in [0.15, 0.2) is 0 Å². The maximum absolute atomic E-state index is 11.4. The molecule has 4 heteroatoms. The Morgan fingerprint density at radius 1 is 1.50 bits per heavy atom. The van der Waals surface area contributed by atoms with Gasteiger partial charge in [0.05, 0.1) is 6.61 Å². The summed E-state index contributed by atoms with van der Waals surface area (Å²) in [5, 5.41) is 0. The Kier molecular flexibility index (Phi) is 6.39. The summed E-state index contributed by atoms with van der Waals surface area (Å²) >= 11 is 0. The summed E-state index contributed by atoms with van der Waals surface area (Å²) in [4.78, 5) is 11.4. The lowest BCUT2D eigenvalue weighted by Gasteiger charge is -2.11. The Balaban J connectivity index is 2.45. The van der Waals surface area contributed by atoms with Gasteiger partial charge >= 0.3 is 0 Å². The number of rotatable bonds is 7. The SMILES string of the molecule is CCCC(C)COCc1cccc(C(=O)NN)c1. The number of nitrogens with one attached hydrogen (secondary N) is 1. The molecule has 1 aromatic carbocycles. The highest BCUT2D eigenvalue weighted by atomic mass is 16.5. The number of hydrogen-bond donors (Lipinski definition) is 2. The quantitative estimate of drug-likeness (QED) is 0.443. The molecule has 0 fully saturated rings. The van der Waals surface area contributed by atoms with Crippen LogP contribution in [0.15, 0.2) is 24.3 Å². The Hall–Kier alpha value is -1.39. The van der Waals surface area contributed by atoms with Gasteiger partial charge < -0.3 is 4.74 Å². The molecule has 1 rings (SSSR count). The van der Waals surface area contributed by atoms with E-state index >= 15 is 0 Å². The molecule has 0 aliphatic heterocycles. The van der Waals surface area contributed by atoms with Crippen molar-refractivity contribution in [1.29, 1.82) is 0 Å². The van der Waals surface area contributed by atoms with Crippen LogP contribution in [-0.2, 0) is 11.3 Å². The molecule has 1 aromatic rings. The normalized spacial score (nSPS) is 12.2. The highest BCUT2D eigenvalue weighted by molar-refractivity contribution is 5.93. The Morgan fingerprint density at radius 3 is 2.94 bits per heavy atom. The number of nitrogens with two attached hydrogens (primary N) is 1. The van der Waals surface area contributed by atoms with E-state index in [0.717, 1.165) is 12.2 Å². The largest absolute Gasteiger partial charge is 0.376 e. The van der Waals surface area contributed by atoms with Gasteiger partial charge in [-0.05, 0) is 30.0 Å². The summed E-state index contributed by atoms with van der Waals surface area (Å²) < 4.78 is 5.64. The molecule has 18 heavy (non-hydrogen) atoms.